The monoisotopic (exact) mass is 353 g/mol. The van der Waals surface area contributed by atoms with Crippen molar-refractivity contribution in [3.8, 4) is 5.75 Å². The Labute approximate surface area is 152 Å². The molecule has 1 aliphatic rings. The first-order valence-corrected chi connectivity index (χ1v) is 8.64. The lowest BCUT2D eigenvalue weighted by Crippen LogP contribution is -2.49. The Morgan fingerprint density at radius 3 is 2.62 bits per heavy atom. The van der Waals surface area contributed by atoms with Crippen LogP contribution in [-0.2, 0) is 29.1 Å². The summed E-state index contributed by atoms with van der Waals surface area (Å²) in [6, 6.07) is 15.2. The second-order valence-electron chi connectivity index (χ2n) is 6.21. The van der Waals surface area contributed by atoms with Crippen molar-refractivity contribution < 1.29 is 14.3 Å². The highest BCUT2D eigenvalue weighted by Gasteiger charge is 2.23. The SMILES string of the molecule is COc1ccccc1CNC(=O)CNC(=O)[C@@H]1Cc2ccccc2CN1. The van der Waals surface area contributed by atoms with Crippen LogP contribution in [0.4, 0.5) is 0 Å². The molecule has 0 saturated carbocycles. The standard InChI is InChI=1S/C20H23N3O3/c1-26-18-9-5-4-8-16(18)12-22-19(24)13-23-20(25)17-10-14-6-2-3-7-15(14)11-21-17/h2-9,17,21H,10-13H2,1H3,(H,22,24)(H,23,25)/t17-/m0/s1. The molecule has 0 aromatic heterocycles. The van der Waals surface area contributed by atoms with E-state index in [-0.39, 0.29) is 24.4 Å². The average molecular weight is 353 g/mol. The Hall–Kier alpha value is -2.86. The molecule has 2 aromatic rings. The molecule has 6 heteroatoms. The van der Waals surface area contributed by atoms with Gasteiger partial charge in [0.25, 0.3) is 0 Å². The summed E-state index contributed by atoms with van der Waals surface area (Å²) in [5, 5.41) is 8.71. The minimum atomic E-state index is -0.313. The van der Waals surface area contributed by atoms with Crippen LogP contribution in [0.1, 0.15) is 16.7 Å². The first-order valence-electron chi connectivity index (χ1n) is 8.64. The van der Waals surface area contributed by atoms with Crippen molar-refractivity contribution in [1.82, 2.24) is 16.0 Å². The highest BCUT2D eigenvalue weighted by Crippen LogP contribution is 2.17. The van der Waals surface area contributed by atoms with Gasteiger partial charge in [-0.05, 0) is 23.6 Å². The van der Waals surface area contributed by atoms with E-state index in [0.717, 1.165) is 11.3 Å². The van der Waals surface area contributed by atoms with E-state index in [1.54, 1.807) is 7.11 Å². The van der Waals surface area contributed by atoms with Crippen LogP contribution in [0, 0.1) is 0 Å². The molecule has 2 aromatic carbocycles. The number of amides is 2. The lowest BCUT2D eigenvalue weighted by Gasteiger charge is -2.25. The van der Waals surface area contributed by atoms with Crippen molar-refractivity contribution in [2.45, 2.75) is 25.6 Å². The molecule has 26 heavy (non-hydrogen) atoms. The van der Waals surface area contributed by atoms with Crippen molar-refractivity contribution in [3.63, 3.8) is 0 Å². The number of carbonyl (C=O) groups is 2. The van der Waals surface area contributed by atoms with Crippen LogP contribution in [0.25, 0.3) is 0 Å². The topological polar surface area (TPSA) is 79.5 Å². The van der Waals surface area contributed by atoms with Gasteiger partial charge in [0, 0.05) is 18.7 Å². The minimum absolute atomic E-state index is 0.0478. The summed E-state index contributed by atoms with van der Waals surface area (Å²) in [7, 11) is 1.59. The second-order valence-corrected chi connectivity index (χ2v) is 6.21. The zero-order valence-corrected chi connectivity index (χ0v) is 14.7. The van der Waals surface area contributed by atoms with E-state index in [4.69, 9.17) is 4.74 Å². The van der Waals surface area contributed by atoms with E-state index in [2.05, 4.69) is 22.0 Å². The van der Waals surface area contributed by atoms with Gasteiger partial charge in [0.2, 0.25) is 11.8 Å². The molecule has 0 bridgehead atoms. The molecule has 0 unspecified atom stereocenters. The number of carbonyl (C=O) groups excluding carboxylic acids is 2. The number of nitrogens with one attached hydrogen (secondary N) is 3. The molecule has 1 aliphatic heterocycles. The zero-order valence-electron chi connectivity index (χ0n) is 14.7. The molecule has 0 radical (unpaired) electrons. The molecular formula is C20H23N3O3. The molecule has 0 aliphatic carbocycles. The molecule has 0 saturated heterocycles. The lowest BCUT2D eigenvalue weighted by atomic mass is 9.95. The molecule has 136 valence electrons. The first kappa shape index (κ1) is 17.9. The smallest absolute Gasteiger partial charge is 0.239 e. The van der Waals surface area contributed by atoms with Gasteiger partial charge in [0.05, 0.1) is 19.7 Å². The third kappa shape index (κ3) is 4.40. The number of hydrogen-bond donors (Lipinski definition) is 3. The number of rotatable bonds is 6. The summed E-state index contributed by atoms with van der Waals surface area (Å²) in [6.45, 7) is 0.968. The number of benzene rings is 2. The Morgan fingerprint density at radius 1 is 1.08 bits per heavy atom. The zero-order chi connectivity index (χ0) is 18.4. The van der Waals surface area contributed by atoms with Gasteiger partial charge in [-0.1, -0.05) is 42.5 Å². The Kier molecular flexibility index (Phi) is 5.86. The van der Waals surface area contributed by atoms with E-state index in [9.17, 15) is 9.59 Å². The van der Waals surface area contributed by atoms with Crippen molar-refractivity contribution in [3.05, 3.63) is 65.2 Å². The van der Waals surface area contributed by atoms with Gasteiger partial charge in [-0.15, -0.1) is 0 Å². The van der Waals surface area contributed by atoms with Gasteiger partial charge in [-0.25, -0.2) is 0 Å². The number of para-hydroxylation sites is 1. The van der Waals surface area contributed by atoms with E-state index in [0.29, 0.717) is 19.5 Å². The van der Waals surface area contributed by atoms with Crippen LogP contribution >= 0.6 is 0 Å². The van der Waals surface area contributed by atoms with Crippen LogP contribution in [0.15, 0.2) is 48.5 Å². The molecule has 6 nitrogen and oxygen atoms in total. The summed E-state index contributed by atoms with van der Waals surface area (Å²) in [5.41, 5.74) is 3.28. The van der Waals surface area contributed by atoms with E-state index in [1.165, 1.54) is 11.1 Å². The van der Waals surface area contributed by atoms with E-state index >= 15 is 0 Å². The van der Waals surface area contributed by atoms with Gasteiger partial charge in [-0.2, -0.15) is 0 Å². The Balaban J connectivity index is 1.45. The molecule has 2 amide bonds. The maximum atomic E-state index is 12.3. The predicted molar refractivity (Wildman–Crippen MR) is 98.6 cm³/mol. The number of fused-ring (bicyclic) bond motifs is 1. The van der Waals surface area contributed by atoms with Crippen molar-refractivity contribution in [1.29, 1.82) is 0 Å². The molecule has 3 N–H and O–H groups in total. The van der Waals surface area contributed by atoms with Gasteiger partial charge >= 0.3 is 0 Å². The quantitative estimate of drug-likeness (QED) is 0.728. The average Bonchev–Trinajstić information content (AvgIpc) is 2.70. The number of methoxy groups -OCH3 is 1. The van der Waals surface area contributed by atoms with Crippen molar-refractivity contribution in [2.75, 3.05) is 13.7 Å². The first-order chi connectivity index (χ1) is 12.7. The van der Waals surface area contributed by atoms with Crippen LogP contribution in [0.3, 0.4) is 0 Å². The summed E-state index contributed by atoms with van der Waals surface area (Å²) in [5.74, 6) is 0.328. The van der Waals surface area contributed by atoms with Gasteiger partial charge in [0.1, 0.15) is 5.75 Å². The van der Waals surface area contributed by atoms with Gasteiger partial charge < -0.3 is 20.7 Å². The van der Waals surface area contributed by atoms with Crippen LogP contribution in [-0.4, -0.2) is 31.5 Å². The Bertz CT molecular complexity index is 791. The van der Waals surface area contributed by atoms with E-state index < -0.39 is 0 Å². The fourth-order valence-corrected chi connectivity index (χ4v) is 3.04. The summed E-state index contributed by atoms with van der Waals surface area (Å²) in [4.78, 5) is 24.3. The van der Waals surface area contributed by atoms with Crippen molar-refractivity contribution >= 4 is 11.8 Å². The van der Waals surface area contributed by atoms with Crippen LogP contribution in [0.2, 0.25) is 0 Å². The predicted octanol–water partition coefficient (Wildman–Crippen LogP) is 1.14. The van der Waals surface area contributed by atoms with Crippen LogP contribution < -0.4 is 20.7 Å². The van der Waals surface area contributed by atoms with E-state index in [1.807, 2.05) is 42.5 Å². The van der Waals surface area contributed by atoms with Crippen LogP contribution in [0.5, 0.6) is 5.75 Å². The molecule has 1 atom stereocenters. The Morgan fingerprint density at radius 2 is 1.81 bits per heavy atom. The molecule has 3 rings (SSSR count). The highest BCUT2D eigenvalue weighted by molar-refractivity contribution is 5.87. The van der Waals surface area contributed by atoms with Crippen molar-refractivity contribution in [2.24, 2.45) is 0 Å². The number of ether oxygens (including phenoxy) is 1. The molecule has 0 spiro atoms. The molecule has 0 fully saturated rings. The third-order valence-corrected chi connectivity index (χ3v) is 4.49. The highest BCUT2D eigenvalue weighted by atomic mass is 16.5. The maximum absolute atomic E-state index is 12.3. The van der Waals surface area contributed by atoms with Gasteiger partial charge in [0.15, 0.2) is 0 Å². The lowest BCUT2D eigenvalue weighted by molar-refractivity contribution is -0.127. The molecule has 1 heterocycles. The largest absolute Gasteiger partial charge is 0.496 e. The summed E-state index contributed by atoms with van der Waals surface area (Å²) in [6.07, 6.45) is 0.630. The normalized spacial score (nSPS) is 15.7. The minimum Gasteiger partial charge on any atom is -0.496 e. The maximum Gasteiger partial charge on any atom is 0.239 e. The summed E-state index contributed by atoms with van der Waals surface area (Å²) < 4.78 is 5.25. The fraction of sp³-hybridized carbons (Fsp3) is 0.300. The third-order valence-electron chi connectivity index (χ3n) is 4.49. The van der Waals surface area contributed by atoms with Gasteiger partial charge in [-0.3, -0.25) is 9.59 Å². The summed E-state index contributed by atoms with van der Waals surface area (Å²) >= 11 is 0. The second kappa shape index (κ2) is 8.49. The number of hydrogen-bond acceptors (Lipinski definition) is 4. The fourth-order valence-electron chi connectivity index (χ4n) is 3.04. The molecular weight excluding hydrogens is 330 g/mol.